The highest BCUT2D eigenvalue weighted by atomic mass is 16.5. The predicted molar refractivity (Wildman–Crippen MR) is 76.8 cm³/mol. The Hall–Kier alpha value is -0.0800. The molecule has 0 amide bonds. The van der Waals surface area contributed by atoms with Gasteiger partial charge in [0.2, 0.25) is 0 Å². The summed E-state index contributed by atoms with van der Waals surface area (Å²) in [5.74, 6) is 1.90. The lowest BCUT2D eigenvalue weighted by molar-refractivity contribution is 0.0943. The Morgan fingerprint density at radius 1 is 1.17 bits per heavy atom. The van der Waals surface area contributed by atoms with E-state index in [1.165, 1.54) is 70.9 Å². The molecular weight excluding hydrogens is 222 g/mol. The standard InChI is InChI=1S/C16H31NO/c1-2-11-17-13-15(14-6-3-4-7-14)9-10-16-8-5-12-18-16/h14-17H,2-13H2,1H3. The average Bonchev–Trinajstić information content (AvgIpc) is 3.06. The lowest BCUT2D eigenvalue weighted by Crippen LogP contribution is -2.28. The van der Waals surface area contributed by atoms with Crippen molar-refractivity contribution in [1.82, 2.24) is 5.32 Å². The van der Waals surface area contributed by atoms with Gasteiger partial charge in [0, 0.05) is 6.61 Å². The van der Waals surface area contributed by atoms with Gasteiger partial charge in [0.15, 0.2) is 0 Å². The third-order valence-electron chi connectivity index (χ3n) is 4.78. The smallest absolute Gasteiger partial charge is 0.0576 e. The summed E-state index contributed by atoms with van der Waals surface area (Å²) in [4.78, 5) is 0. The Balaban J connectivity index is 1.71. The van der Waals surface area contributed by atoms with Crippen molar-refractivity contribution in [3.05, 3.63) is 0 Å². The molecule has 0 aromatic heterocycles. The van der Waals surface area contributed by atoms with Gasteiger partial charge in [0.05, 0.1) is 6.10 Å². The molecule has 0 bridgehead atoms. The van der Waals surface area contributed by atoms with E-state index in [9.17, 15) is 0 Å². The van der Waals surface area contributed by atoms with Gasteiger partial charge in [-0.1, -0.05) is 32.6 Å². The third-order valence-corrected chi connectivity index (χ3v) is 4.78. The highest BCUT2D eigenvalue weighted by molar-refractivity contribution is 4.79. The van der Waals surface area contributed by atoms with Crippen LogP contribution in [0.15, 0.2) is 0 Å². The lowest BCUT2D eigenvalue weighted by Gasteiger charge is -2.25. The maximum atomic E-state index is 5.77. The van der Waals surface area contributed by atoms with Crippen LogP contribution in [0.2, 0.25) is 0 Å². The van der Waals surface area contributed by atoms with Crippen LogP contribution in [0.25, 0.3) is 0 Å². The molecule has 0 radical (unpaired) electrons. The molecule has 2 aliphatic rings. The molecule has 1 saturated heterocycles. The summed E-state index contributed by atoms with van der Waals surface area (Å²) in [7, 11) is 0. The summed E-state index contributed by atoms with van der Waals surface area (Å²) in [6, 6.07) is 0. The number of hydrogen-bond donors (Lipinski definition) is 1. The van der Waals surface area contributed by atoms with E-state index in [1.807, 2.05) is 0 Å². The fourth-order valence-electron chi connectivity index (χ4n) is 3.67. The van der Waals surface area contributed by atoms with E-state index in [-0.39, 0.29) is 0 Å². The molecule has 2 rings (SSSR count). The number of ether oxygens (including phenoxy) is 1. The normalized spacial score (nSPS) is 26.8. The van der Waals surface area contributed by atoms with Gasteiger partial charge in [0.1, 0.15) is 0 Å². The Labute approximate surface area is 113 Å². The van der Waals surface area contributed by atoms with Crippen molar-refractivity contribution >= 4 is 0 Å². The fourth-order valence-corrected chi connectivity index (χ4v) is 3.67. The molecule has 2 unspecified atom stereocenters. The van der Waals surface area contributed by atoms with E-state index in [1.54, 1.807) is 0 Å². The van der Waals surface area contributed by atoms with E-state index in [0.29, 0.717) is 6.10 Å². The first-order valence-electron chi connectivity index (χ1n) is 8.22. The number of rotatable bonds is 8. The minimum atomic E-state index is 0.583. The zero-order valence-corrected chi connectivity index (χ0v) is 12.1. The van der Waals surface area contributed by atoms with E-state index in [4.69, 9.17) is 4.74 Å². The van der Waals surface area contributed by atoms with Gasteiger partial charge in [-0.3, -0.25) is 0 Å². The van der Waals surface area contributed by atoms with Crippen molar-refractivity contribution in [1.29, 1.82) is 0 Å². The first kappa shape index (κ1) is 14.3. The molecular formula is C16H31NO. The van der Waals surface area contributed by atoms with Crippen molar-refractivity contribution in [2.24, 2.45) is 11.8 Å². The van der Waals surface area contributed by atoms with E-state index in [0.717, 1.165) is 18.4 Å². The summed E-state index contributed by atoms with van der Waals surface area (Å²) in [6.45, 7) is 5.69. The molecule has 0 aromatic carbocycles. The van der Waals surface area contributed by atoms with Crippen LogP contribution in [0.5, 0.6) is 0 Å². The number of hydrogen-bond acceptors (Lipinski definition) is 2. The molecule has 1 heterocycles. The Bertz CT molecular complexity index is 207. The maximum Gasteiger partial charge on any atom is 0.0576 e. The molecule has 1 saturated carbocycles. The zero-order chi connectivity index (χ0) is 12.6. The predicted octanol–water partition coefficient (Wildman–Crippen LogP) is 3.75. The first-order chi connectivity index (χ1) is 8.90. The summed E-state index contributed by atoms with van der Waals surface area (Å²) in [6.07, 6.45) is 13.0. The van der Waals surface area contributed by atoms with Crippen molar-refractivity contribution < 1.29 is 4.74 Å². The summed E-state index contributed by atoms with van der Waals surface area (Å²) in [5, 5.41) is 3.65. The highest BCUT2D eigenvalue weighted by Crippen LogP contribution is 2.34. The lowest BCUT2D eigenvalue weighted by atomic mass is 9.86. The molecule has 1 aliphatic heterocycles. The second-order valence-corrected chi connectivity index (χ2v) is 6.22. The van der Waals surface area contributed by atoms with Crippen LogP contribution < -0.4 is 5.32 Å². The monoisotopic (exact) mass is 253 g/mol. The molecule has 2 heteroatoms. The molecule has 0 aromatic rings. The van der Waals surface area contributed by atoms with Gasteiger partial charge in [-0.25, -0.2) is 0 Å². The molecule has 0 spiro atoms. The van der Waals surface area contributed by atoms with Crippen LogP contribution >= 0.6 is 0 Å². The molecule has 1 aliphatic carbocycles. The molecule has 2 nitrogen and oxygen atoms in total. The van der Waals surface area contributed by atoms with Gasteiger partial charge in [-0.05, 0) is 57.0 Å². The minimum Gasteiger partial charge on any atom is -0.378 e. The van der Waals surface area contributed by atoms with Crippen molar-refractivity contribution in [3.63, 3.8) is 0 Å². The van der Waals surface area contributed by atoms with Crippen LogP contribution in [-0.2, 0) is 4.74 Å². The van der Waals surface area contributed by atoms with Crippen molar-refractivity contribution in [2.75, 3.05) is 19.7 Å². The Kier molecular flexibility index (Phi) is 6.50. The quantitative estimate of drug-likeness (QED) is 0.665. The molecule has 106 valence electrons. The number of nitrogens with one attached hydrogen (secondary N) is 1. The third kappa shape index (κ3) is 4.55. The van der Waals surface area contributed by atoms with Gasteiger partial charge >= 0.3 is 0 Å². The van der Waals surface area contributed by atoms with E-state index < -0.39 is 0 Å². The van der Waals surface area contributed by atoms with Crippen LogP contribution in [0.3, 0.4) is 0 Å². The van der Waals surface area contributed by atoms with Crippen molar-refractivity contribution in [2.45, 2.75) is 70.8 Å². The van der Waals surface area contributed by atoms with Gasteiger partial charge in [0.25, 0.3) is 0 Å². The molecule has 2 fully saturated rings. The summed E-state index contributed by atoms with van der Waals surface area (Å²) in [5.41, 5.74) is 0. The van der Waals surface area contributed by atoms with E-state index >= 15 is 0 Å². The first-order valence-corrected chi connectivity index (χ1v) is 8.22. The van der Waals surface area contributed by atoms with Crippen LogP contribution in [0.1, 0.15) is 64.7 Å². The average molecular weight is 253 g/mol. The second-order valence-electron chi connectivity index (χ2n) is 6.22. The Morgan fingerprint density at radius 2 is 2.00 bits per heavy atom. The van der Waals surface area contributed by atoms with Gasteiger partial charge in [-0.2, -0.15) is 0 Å². The minimum absolute atomic E-state index is 0.583. The van der Waals surface area contributed by atoms with Gasteiger partial charge in [-0.15, -0.1) is 0 Å². The second kappa shape index (κ2) is 8.16. The zero-order valence-electron chi connectivity index (χ0n) is 12.1. The fraction of sp³-hybridized carbons (Fsp3) is 1.00. The van der Waals surface area contributed by atoms with Crippen LogP contribution in [0.4, 0.5) is 0 Å². The Morgan fingerprint density at radius 3 is 2.67 bits per heavy atom. The molecule has 18 heavy (non-hydrogen) atoms. The largest absolute Gasteiger partial charge is 0.378 e. The van der Waals surface area contributed by atoms with Crippen molar-refractivity contribution in [3.8, 4) is 0 Å². The maximum absolute atomic E-state index is 5.77. The molecule has 2 atom stereocenters. The summed E-state index contributed by atoms with van der Waals surface area (Å²) >= 11 is 0. The SMILES string of the molecule is CCCNCC(CCC1CCCO1)C1CCCC1. The van der Waals surface area contributed by atoms with Gasteiger partial charge < -0.3 is 10.1 Å². The topological polar surface area (TPSA) is 21.3 Å². The highest BCUT2D eigenvalue weighted by Gasteiger charge is 2.26. The van der Waals surface area contributed by atoms with Crippen LogP contribution in [0, 0.1) is 11.8 Å². The molecule has 1 N–H and O–H groups in total. The van der Waals surface area contributed by atoms with Crippen LogP contribution in [-0.4, -0.2) is 25.8 Å². The van der Waals surface area contributed by atoms with E-state index in [2.05, 4.69) is 12.2 Å². The summed E-state index contributed by atoms with van der Waals surface area (Å²) < 4.78 is 5.77.